The van der Waals surface area contributed by atoms with Crippen LogP contribution in [0.15, 0.2) is 23.1 Å². The van der Waals surface area contributed by atoms with Crippen molar-refractivity contribution >= 4 is 16.0 Å². The number of rotatable bonds is 6. The molecular formula is C14H17NO5S. The van der Waals surface area contributed by atoms with Crippen molar-refractivity contribution in [3.8, 4) is 18.1 Å². The lowest BCUT2D eigenvalue weighted by atomic mass is 10.1. The predicted molar refractivity (Wildman–Crippen MR) is 77.6 cm³/mol. The fraction of sp³-hybridized carbons (Fsp3) is 0.357. The van der Waals surface area contributed by atoms with Crippen molar-refractivity contribution in [3.63, 3.8) is 0 Å². The zero-order chi connectivity index (χ0) is 16.3. The molecule has 114 valence electrons. The second kappa shape index (κ2) is 6.16. The van der Waals surface area contributed by atoms with E-state index in [9.17, 15) is 13.2 Å². The highest BCUT2D eigenvalue weighted by Gasteiger charge is 2.27. The smallest absolute Gasteiger partial charge is 0.307 e. The van der Waals surface area contributed by atoms with Crippen LogP contribution in [-0.4, -0.2) is 32.1 Å². The Morgan fingerprint density at radius 3 is 2.57 bits per heavy atom. The number of hydrogen-bond acceptors (Lipinski definition) is 4. The monoisotopic (exact) mass is 311 g/mol. The normalized spacial score (nSPS) is 11.7. The predicted octanol–water partition coefficient (Wildman–Crippen LogP) is 1.01. The zero-order valence-corrected chi connectivity index (χ0v) is 12.8. The van der Waals surface area contributed by atoms with Crippen LogP contribution in [0.1, 0.15) is 19.4 Å². The SMILES string of the molecule is C#CC(C)(C)NS(=O)(=O)c1ccc(OC)cc1CC(=O)O. The van der Waals surface area contributed by atoms with E-state index >= 15 is 0 Å². The molecule has 0 amide bonds. The molecule has 1 aromatic carbocycles. The summed E-state index contributed by atoms with van der Waals surface area (Å²) in [5, 5.41) is 8.91. The molecule has 0 unspecified atom stereocenters. The van der Waals surface area contributed by atoms with Crippen molar-refractivity contribution in [3.05, 3.63) is 23.8 Å². The molecule has 6 nitrogen and oxygen atoms in total. The van der Waals surface area contributed by atoms with E-state index < -0.39 is 28.0 Å². The number of sulfonamides is 1. The summed E-state index contributed by atoms with van der Waals surface area (Å²) >= 11 is 0. The molecule has 2 N–H and O–H groups in total. The molecule has 21 heavy (non-hydrogen) atoms. The Labute approximate surface area is 124 Å². The second-order valence-corrected chi connectivity index (χ2v) is 6.57. The molecule has 0 saturated heterocycles. The summed E-state index contributed by atoms with van der Waals surface area (Å²) in [6, 6.07) is 4.13. The van der Waals surface area contributed by atoms with Gasteiger partial charge in [0, 0.05) is 0 Å². The van der Waals surface area contributed by atoms with Gasteiger partial charge in [-0.05, 0) is 37.6 Å². The maximum absolute atomic E-state index is 12.4. The Bertz CT molecular complexity index is 686. The highest BCUT2D eigenvalue weighted by molar-refractivity contribution is 7.89. The van der Waals surface area contributed by atoms with E-state index in [4.69, 9.17) is 16.3 Å². The van der Waals surface area contributed by atoms with Crippen molar-refractivity contribution in [2.45, 2.75) is 30.7 Å². The fourth-order valence-corrected chi connectivity index (χ4v) is 3.23. The van der Waals surface area contributed by atoms with Gasteiger partial charge in [0.15, 0.2) is 0 Å². The number of nitrogens with one attached hydrogen (secondary N) is 1. The minimum Gasteiger partial charge on any atom is -0.497 e. The molecular weight excluding hydrogens is 294 g/mol. The van der Waals surface area contributed by atoms with Gasteiger partial charge in [0.1, 0.15) is 5.75 Å². The molecule has 0 aliphatic rings. The van der Waals surface area contributed by atoms with Crippen LogP contribution in [0.5, 0.6) is 5.75 Å². The van der Waals surface area contributed by atoms with Crippen LogP contribution in [0.25, 0.3) is 0 Å². The molecule has 0 aliphatic carbocycles. The summed E-state index contributed by atoms with van der Waals surface area (Å²) in [6.07, 6.45) is 4.82. The Balaban J connectivity index is 3.35. The van der Waals surface area contributed by atoms with Crippen LogP contribution in [0.3, 0.4) is 0 Å². The number of benzene rings is 1. The van der Waals surface area contributed by atoms with Gasteiger partial charge in [-0.2, -0.15) is 4.72 Å². The van der Waals surface area contributed by atoms with Crippen molar-refractivity contribution in [2.75, 3.05) is 7.11 Å². The minimum atomic E-state index is -3.94. The maximum atomic E-state index is 12.4. The number of aliphatic carboxylic acids is 1. The summed E-state index contributed by atoms with van der Waals surface area (Å²) in [4.78, 5) is 10.8. The summed E-state index contributed by atoms with van der Waals surface area (Å²) in [5.41, 5.74) is -0.957. The lowest BCUT2D eigenvalue weighted by Gasteiger charge is -2.20. The van der Waals surface area contributed by atoms with E-state index in [1.54, 1.807) is 0 Å². The molecule has 0 heterocycles. The first-order chi connectivity index (χ1) is 9.61. The topological polar surface area (TPSA) is 92.7 Å². The van der Waals surface area contributed by atoms with E-state index in [1.165, 1.54) is 39.2 Å². The van der Waals surface area contributed by atoms with Crippen LogP contribution in [-0.2, 0) is 21.2 Å². The van der Waals surface area contributed by atoms with E-state index in [1.807, 2.05) is 0 Å². The molecule has 0 spiro atoms. The average molecular weight is 311 g/mol. The fourth-order valence-electron chi connectivity index (χ4n) is 1.67. The summed E-state index contributed by atoms with van der Waals surface area (Å²) in [5.74, 6) is 1.55. The first-order valence-electron chi connectivity index (χ1n) is 6.02. The zero-order valence-electron chi connectivity index (χ0n) is 12.0. The van der Waals surface area contributed by atoms with Gasteiger partial charge in [-0.3, -0.25) is 4.79 Å². The number of hydrogen-bond donors (Lipinski definition) is 2. The number of carbonyl (C=O) groups is 1. The molecule has 0 atom stereocenters. The quantitative estimate of drug-likeness (QED) is 0.765. The van der Waals surface area contributed by atoms with Crippen LogP contribution >= 0.6 is 0 Å². The Hall–Kier alpha value is -2.04. The largest absolute Gasteiger partial charge is 0.497 e. The first-order valence-corrected chi connectivity index (χ1v) is 7.50. The van der Waals surface area contributed by atoms with Crippen LogP contribution in [0.4, 0.5) is 0 Å². The molecule has 0 aromatic heterocycles. The molecule has 1 rings (SSSR count). The second-order valence-electron chi connectivity index (χ2n) is 4.92. The van der Waals surface area contributed by atoms with Crippen LogP contribution < -0.4 is 9.46 Å². The maximum Gasteiger partial charge on any atom is 0.307 e. The third-order valence-electron chi connectivity index (χ3n) is 2.65. The highest BCUT2D eigenvalue weighted by atomic mass is 32.2. The molecule has 0 radical (unpaired) electrons. The summed E-state index contributed by atoms with van der Waals surface area (Å²) < 4.78 is 32.1. The van der Waals surface area contributed by atoms with Gasteiger partial charge in [0.05, 0.1) is 24.0 Å². The molecule has 0 bridgehead atoms. The van der Waals surface area contributed by atoms with Gasteiger partial charge in [-0.15, -0.1) is 6.42 Å². The Kier molecular flexibility index (Phi) is 4.99. The van der Waals surface area contributed by atoms with Crippen molar-refractivity contribution in [2.24, 2.45) is 0 Å². The molecule has 0 saturated carbocycles. The van der Waals surface area contributed by atoms with Gasteiger partial charge in [0.2, 0.25) is 10.0 Å². The van der Waals surface area contributed by atoms with Gasteiger partial charge in [0.25, 0.3) is 0 Å². The lowest BCUT2D eigenvalue weighted by molar-refractivity contribution is -0.136. The van der Waals surface area contributed by atoms with Crippen LogP contribution in [0, 0.1) is 12.3 Å². The molecule has 1 aromatic rings. The van der Waals surface area contributed by atoms with E-state index in [2.05, 4.69) is 10.6 Å². The Morgan fingerprint density at radius 1 is 1.48 bits per heavy atom. The summed E-state index contributed by atoms with van der Waals surface area (Å²) in [7, 11) is -2.53. The molecule has 0 fully saturated rings. The summed E-state index contributed by atoms with van der Waals surface area (Å²) in [6.45, 7) is 3.07. The van der Waals surface area contributed by atoms with E-state index in [0.29, 0.717) is 5.75 Å². The standard InChI is InChI=1S/C14H17NO5S/c1-5-14(2,3)15-21(18,19)12-7-6-11(20-4)8-10(12)9-13(16)17/h1,6-8,15H,9H2,2-4H3,(H,16,17). The van der Waals surface area contributed by atoms with E-state index in [0.717, 1.165) is 0 Å². The van der Waals surface area contributed by atoms with E-state index in [-0.39, 0.29) is 10.5 Å². The molecule has 0 aliphatic heterocycles. The molecule has 7 heteroatoms. The average Bonchev–Trinajstić information content (AvgIpc) is 2.36. The minimum absolute atomic E-state index is 0.127. The van der Waals surface area contributed by atoms with Gasteiger partial charge < -0.3 is 9.84 Å². The number of carboxylic acids is 1. The van der Waals surface area contributed by atoms with Gasteiger partial charge in [-0.1, -0.05) is 5.92 Å². The van der Waals surface area contributed by atoms with Gasteiger partial charge >= 0.3 is 5.97 Å². The van der Waals surface area contributed by atoms with Crippen LogP contribution in [0.2, 0.25) is 0 Å². The lowest BCUT2D eigenvalue weighted by Crippen LogP contribution is -2.42. The first kappa shape index (κ1) is 17.0. The number of methoxy groups -OCH3 is 1. The highest BCUT2D eigenvalue weighted by Crippen LogP contribution is 2.23. The third kappa shape index (κ3) is 4.48. The van der Waals surface area contributed by atoms with Gasteiger partial charge in [-0.25, -0.2) is 8.42 Å². The Morgan fingerprint density at radius 2 is 2.10 bits per heavy atom. The number of ether oxygens (including phenoxy) is 1. The number of terminal acetylenes is 1. The van der Waals surface area contributed by atoms with Crippen molar-refractivity contribution < 1.29 is 23.1 Å². The number of carboxylic acid groups (broad SMARTS) is 1. The van der Waals surface area contributed by atoms with Crippen molar-refractivity contribution in [1.82, 2.24) is 4.72 Å². The van der Waals surface area contributed by atoms with Crippen molar-refractivity contribution in [1.29, 1.82) is 0 Å². The third-order valence-corrected chi connectivity index (χ3v) is 4.41.